The van der Waals surface area contributed by atoms with Gasteiger partial charge >= 0.3 is 0 Å². The molecule has 3 aromatic rings. The van der Waals surface area contributed by atoms with Gasteiger partial charge in [-0.3, -0.25) is 0 Å². The molecule has 4 rings (SSSR count). The lowest BCUT2D eigenvalue weighted by Crippen LogP contribution is -2.22. The summed E-state index contributed by atoms with van der Waals surface area (Å²) in [5, 5.41) is 7.00. The van der Waals surface area contributed by atoms with Crippen LogP contribution in [0.5, 0.6) is 0 Å². The van der Waals surface area contributed by atoms with Crippen LogP contribution in [0.4, 0.5) is 9.52 Å². The Morgan fingerprint density at radius 3 is 3.17 bits per heavy atom. The van der Waals surface area contributed by atoms with Crippen molar-refractivity contribution in [2.45, 2.75) is 25.3 Å². The Kier molecular flexibility index (Phi) is 3.78. The smallest absolute Gasteiger partial charge is 0.249 e. The molecule has 1 fully saturated rings. The van der Waals surface area contributed by atoms with E-state index in [1.54, 1.807) is 23.6 Å². The summed E-state index contributed by atoms with van der Waals surface area (Å²) in [4.78, 5) is 11.1. The summed E-state index contributed by atoms with van der Waals surface area (Å²) in [7, 11) is 0. The molecular weight excluding hydrogens is 315 g/mol. The number of hydrogen-bond donors (Lipinski definition) is 0. The topological polar surface area (TPSA) is 55.1 Å². The highest BCUT2D eigenvalue weighted by atomic mass is 32.1. The molecule has 0 saturated carbocycles. The van der Waals surface area contributed by atoms with E-state index in [0.717, 1.165) is 30.1 Å². The maximum absolute atomic E-state index is 13.3. The third-order valence-electron chi connectivity index (χ3n) is 3.94. The number of benzene rings is 1. The summed E-state index contributed by atoms with van der Waals surface area (Å²) >= 11 is 1.61. The Bertz CT molecular complexity index is 789. The number of aromatic nitrogens is 3. The van der Waals surface area contributed by atoms with Gasteiger partial charge in [0.1, 0.15) is 11.9 Å². The van der Waals surface area contributed by atoms with Crippen LogP contribution >= 0.6 is 11.3 Å². The van der Waals surface area contributed by atoms with Gasteiger partial charge in [-0.2, -0.15) is 4.98 Å². The second-order valence-corrected chi connectivity index (χ2v) is 6.39. The highest BCUT2D eigenvalue weighted by Crippen LogP contribution is 2.36. The molecule has 1 atom stereocenters. The van der Waals surface area contributed by atoms with Crippen LogP contribution in [0.15, 0.2) is 40.4 Å². The molecule has 23 heavy (non-hydrogen) atoms. The molecule has 2 aromatic heterocycles. The summed E-state index contributed by atoms with van der Waals surface area (Å²) in [6, 6.07) is 6.54. The Morgan fingerprint density at radius 1 is 1.39 bits per heavy atom. The maximum atomic E-state index is 13.3. The minimum atomic E-state index is -0.253. The molecule has 0 radical (unpaired) electrons. The normalized spacial score (nSPS) is 17.8. The lowest BCUT2D eigenvalue weighted by molar-refractivity contribution is 0.351. The summed E-state index contributed by atoms with van der Waals surface area (Å²) in [5.41, 5.74) is 0.834. The number of halogens is 1. The summed E-state index contributed by atoms with van der Waals surface area (Å²) in [6.45, 7) is 0.944. The second-order valence-electron chi connectivity index (χ2n) is 5.52. The minimum absolute atomic E-state index is 0.0786. The first-order valence-corrected chi connectivity index (χ1v) is 8.40. The fourth-order valence-electron chi connectivity index (χ4n) is 2.91. The predicted molar refractivity (Wildman–Crippen MR) is 84.9 cm³/mol. The van der Waals surface area contributed by atoms with Gasteiger partial charge in [0.2, 0.25) is 5.89 Å². The van der Waals surface area contributed by atoms with Crippen molar-refractivity contribution < 1.29 is 8.91 Å². The fourth-order valence-corrected chi connectivity index (χ4v) is 3.63. The lowest BCUT2D eigenvalue weighted by atomic mass is 10.1. The van der Waals surface area contributed by atoms with Crippen molar-refractivity contribution in [3.05, 3.63) is 58.9 Å². The van der Waals surface area contributed by atoms with Gasteiger partial charge in [-0.1, -0.05) is 17.3 Å². The third-order valence-corrected chi connectivity index (χ3v) is 4.75. The molecule has 1 aliphatic heterocycles. The van der Waals surface area contributed by atoms with Gasteiger partial charge in [0.15, 0.2) is 11.0 Å². The molecule has 1 saturated heterocycles. The van der Waals surface area contributed by atoms with Crippen LogP contribution in [0.25, 0.3) is 0 Å². The molecular formula is C16H15FN4OS. The quantitative estimate of drug-likeness (QED) is 0.731. The van der Waals surface area contributed by atoms with Gasteiger partial charge in [0, 0.05) is 24.5 Å². The first-order chi connectivity index (χ1) is 11.3. The molecule has 7 heteroatoms. The zero-order chi connectivity index (χ0) is 15.6. The largest absolute Gasteiger partial charge is 0.337 e. The van der Waals surface area contributed by atoms with Crippen LogP contribution in [0.3, 0.4) is 0 Å². The van der Waals surface area contributed by atoms with Crippen LogP contribution < -0.4 is 4.90 Å². The van der Waals surface area contributed by atoms with E-state index in [9.17, 15) is 4.39 Å². The molecule has 0 amide bonds. The summed E-state index contributed by atoms with van der Waals surface area (Å²) in [5.74, 6) is 0.942. The highest BCUT2D eigenvalue weighted by Gasteiger charge is 2.32. The standard InChI is InChI=1S/C16H15FN4OS/c17-12-4-1-3-11(9-12)10-14-19-15(22-20-14)13-5-2-7-21(13)16-18-6-8-23-16/h1,3-4,6,8-9,13H,2,5,7,10H2/t13-/m0/s1. The van der Waals surface area contributed by atoms with Gasteiger partial charge in [0.05, 0.1) is 0 Å². The van der Waals surface area contributed by atoms with Crippen LogP contribution in [0.2, 0.25) is 0 Å². The highest BCUT2D eigenvalue weighted by molar-refractivity contribution is 7.13. The molecule has 118 valence electrons. The molecule has 1 aromatic carbocycles. The minimum Gasteiger partial charge on any atom is -0.337 e. The van der Waals surface area contributed by atoms with Crippen molar-refractivity contribution in [1.29, 1.82) is 0 Å². The second kappa shape index (κ2) is 6.08. The van der Waals surface area contributed by atoms with Crippen LogP contribution in [0.1, 0.15) is 36.2 Å². The lowest BCUT2D eigenvalue weighted by Gasteiger charge is -2.20. The zero-order valence-electron chi connectivity index (χ0n) is 12.4. The molecule has 1 aliphatic rings. The van der Waals surface area contributed by atoms with Gasteiger partial charge < -0.3 is 9.42 Å². The average molecular weight is 330 g/mol. The van der Waals surface area contributed by atoms with E-state index in [1.165, 1.54) is 12.1 Å². The predicted octanol–water partition coefficient (Wildman–Crippen LogP) is 3.60. The van der Waals surface area contributed by atoms with E-state index >= 15 is 0 Å². The van der Waals surface area contributed by atoms with Crippen LogP contribution in [-0.4, -0.2) is 21.7 Å². The number of rotatable bonds is 4. The van der Waals surface area contributed by atoms with Gasteiger partial charge in [-0.05, 0) is 30.5 Å². The van der Waals surface area contributed by atoms with Gasteiger partial charge in [-0.15, -0.1) is 11.3 Å². The van der Waals surface area contributed by atoms with E-state index in [2.05, 4.69) is 20.0 Å². The van der Waals surface area contributed by atoms with E-state index in [-0.39, 0.29) is 11.9 Å². The number of anilines is 1. The zero-order valence-corrected chi connectivity index (χ0v) is 13.2. The monoisotopic (exact) mass is 330 g/mol. The Labute approximate surface area is 136 Å². The fraction of sp³-hybridized carbons (Fsp3) is 0.312. The van der Waals surface area contributed by atoms with Crippen molar-refractivity contribution in [1.82, 2.24) is 15.1 Å². The molecule has 0 spiro atoms. The van der Waals surface area contributed by atoms with Crippen molar-refractivity contribution >= 4 is 16.5 Å². The Morgan fingerprint density at radius 2 is 2.35 bits per heavy atom. The van der Waals surface area contributed by atoms with Crippen LogP contribution in [0, 0.1) is 5.82 Å². The summed E-state index contributed by atoms with van der Waals surface area (Å²) in [6.07, 6.45) is 4.32. The Balaban J connectivity index is 1.53. The van der Waals surface area contributed by atoms with E-state index in [1.807, 2.05) is 11.4 Å². The first-order valence-electron chi connectivity index (χ1n) is 7.52. The van der Waals surface area contributed by atoms with E-state index < -0.39 is 0 Å². The van der Waals surface area contributed by atoms with E-state index in [0.29, 0.717) is 18.1 Å². The molecule has 0 bridgehead atoms. The van der Waals surface area contributed by atoms with Crippen LogP contribution in [-0.2, 0) is 6.42 Å². The van der Waals surface area contributed by atoms with Crippen molar-refractivity contribution in [3.63, 3.8) is 0 Å². The van der Waals surface area contributed by atoms with Gasteiger partial charge in [0.25, 0.3) is 0 Å². The number of hydrogen-bond acceptors (Lipinski definition) is 6. The maximum Gasteiger partial charge on any atom is 0.249 e. The number of nitrogens with zero attached hydrogens (tertiary/aromatic N) is 4. The summed E-state index contributed by atoms with van der Waals surface area (Å²) < 4.78 is 18.7. The molecule has 0 N–H and O–H groups in total. The van der Waals surface area contributed by atoms with Crippen molar-refractivity contribution in [3.8, 4) is 0 Å². The Hall–Kier alpha value is -2.28. The van der Waals surface area contributed by atoms with E-state index in [4.69, 9.17) is 4.52 Å². The van der Waals surface area contributed by atoms with Crippen molar-refractivity contribution in [2.75, 3.05) is 11.4 Å². The average Bonchev–Trinajstić information content (AvgIpc) is 3.28. The molecule has 0 unspecified atom stereocenters. The van der Waals surface area contributed by atoms with Gasteiger partial charge in [-0.25, -0.2) is 9.37 Å². The third kappa shape index (κ3) is 2.96. The first kappa shape index (κ1) is 14.3. The molecule has 3 heterocycles. The SMILES string of the molecule is Fc1cccc(Cc2noc([C@@H]3CCCN3c3nccs3)n2)c1. The molecule has 0 aliphatic carbocycles. The van der Waals surface area contributed by atoms with Crippen molar-refractivity contribution in [2.24, 2.45) is 0 Å². The number of thiazole rings is 1. The molecule has 5 nitrogen and oxygen atoms in total.